The van der Waals surface area contributed by atoms with Crippen molar-refractivity contribution < 1.29 is 27.2 Å². The van der Waals surface area contributed by atoms with Crippen molar-refractivity contribution >= 4 is 27.5 Å². The molecule has 13 heteroatoms. The van der Waals surface area contributed by atoms with E-state index in [1.54, 1.807) is 18.2 Å². The van der Waals surface area contributed by atoms with Crippen LogP contribution >= 0.6 is 11.8 Å². The molecule has 11 nitrogen and oxygen atoms in total. The first kappa shape index (κ1) is 23.7. The van der Waals surface area contributed by atoms with Gasteiger partial charge in [0.1, 0.15) is 5.75 Å². The summed E-state index contributed by atoms with van der Waals surface area (Å²) in [5.74, 6) is 1.05. The fraction of sp³-hybridized carbons (Fsp3) is 0.364. The van der Waals surface area contributed by atoms with E-state index in [9.17, 15) is 18.5 Å². The van der Waals surface area contributed by atoms with E-state index in [0.717, 1.165) is 19.3 Å². The first-order valence-electron chi connectivity index (χ1n) is 11.0. The number of rotatable bonds is 7. The Kier molecular flexibility index (Phi) is 6.73. The van der Waals surface area contributed by atoms with Crippen molar-refractivity contribution in [2.75, 3.05) is 19.9 Å². The predicted molar refractivity (Wildman–Crippen MR) is 125 cm³/mol. The summed E-state index contributed by atoms with van der Waals surface area (Å²) in [6.45, 7) is 1.34. The number of fused-ring (bicyclic) bond motifs is 1. The van der Waals surface area contributed by atoms with Gasteiger partial charge in [-0.05, 0) is 31.0 Å². The van der Waals surface area contributed by atoms with Crippen LogP contribution in [0.1, 0.15) is 30.4 Å². The molecule has 2 aliphatic heterocycles. The molecule has 1 fully saturated rings. The standard InChI is InChI=1S/C22H22N4O7S2/c27-26(28)18-9-16-12-31-14-32-20(16)17(10-18)13-34-22-24-23-21(33-22)15-5-4-6-19(11-15)35(29,30)25-7-2-1-3-8-25/h4-6,9-11H,1-3,7-8,12-14H2. The third kappa shape index (κ3) is 5.03. The van der Waals surface area contributed by atoms with Gasteiger partial charge in [0.15, 0.2) is 6.79 Å². The van der Waals surface area contributed by atoms with Gasteiger partial charge in [-0.3, -0.25) is 10.1 Å². The number of non-ortho nitro benzene ring substituents is 1. The summed E-state index contributed by atoms with van der Waals surface area (Å²) < 4.78 is 44.1. The van der Waals surface area contributed by atoms with Crippen molar-refractivity contribution in [1.29, 1.82) is 0 Å². The molecule has 1 saturated heterocycles. The van der Waals surface area contributed by atoms with Gasteiger partial charge >= 0.3 is 0 Å². The smallest absolute Gasteiger partial charge is 0.277 e. The first-order valence-corrected chi connectivity index (χ1v) is 13.4. The Morgan fingerprint density at radius 1 is 1.11 bits per heavy atom. The molecule has 0 aliphatic carbocycles. The highest BCUT2D eigenvalue weighted by Crippen LogP contribution is 2.36. The number of nitrogens with zero attached hydrogens (tertiary/aromatic N) is 4. The summed E-state index contributed by atoms with van der Waals surface area (Å²) in [5.41, 5.74) is 1.68. The number of piperidine rings is 1. The molecule has 0 spiro atoms. The Morgan fingerprint density at radius 2 is 1.94 bits per heavy atom. The molecule has 35 heavy (non-hydrogen) atoms. The van der Waals surface area contributed by atoms with Crippen LogP contribution in [0.3, 0.4) is 0 Å². The van der Waals surface area contributed by atoms with Crippen LogP contribution in [0.4, 0.5) is 5.69 Å². The predicted octanol–water partition coefficient (Wildman–Crippen LogP) is 3.98. The summed E-state index contributed by atoms with van der Waals surface area (Å²) in [6, 6.07) is 9.37. The van der Waals surface area contributed by atoms with Crippen LogP contribution in [-0.2, 0) is 27.1 Å². The van der Waals surface area contributed by atoms with Gasteiger partial charge in [0.2, 0.25) is 15.9 Å². The SMILES string of the molecule is O=[N+]([O-])c1cc2c(c(CSc3nnc(-c4cccc(S(=O)(=O)N5CCCCC5)c4)o3)c1)OCOC2. The van der Waals surface area contributed by atoms with Crippen LogP contribution in [-0.4, -0.2) is 47.7 Å². The molecule has 2 aliphatic rings. The van der Waals surface area contributed by atoms with Gasteiger partial charge in [-0.1, -0.05) is 24.2 Å². The summed E-state index contributed by atoms with van der Waals surface area (Å²) in [6.07, 6.45) is 2.75. The Hall–Kier alpha value is -3.00. The lowest BCUT2D eigenvalue weighted by atomic mass is 10.1. The molecule has 0 amide bonds. The lowest BCUT2D eigenvalue weighted by Gasteiger charge is -2.25. The molecule has 0 atom stereocenters. The van der Waals surface area contributed by atoms with Gasteiger partial charge < -0.3 is 13.9 Å². The van der Waals surface area contributed by atoms with E-state index in [0.29, 0.717) is 41.3 Å². The van der Waals surface area contributed by atoms with Crippen LogP contribution in [0.5, 0.6) is 5.75 Å². The monoisotopic (exact) mass is 518 g/mol. The van der Waals surface area contributed by atoms with E-state index in [-0.39, 0.29) is 35.1 Å². The number of sulfonamides is 1. The quantitative estimate of drug-likeness (QED) is 0.256. The topological polar surface area (TPSA) is 138 Å². The summed E-state index contributed by atoms with van der Waals surface area (Å²) in [4.78, 5) is 11.0. The Morgan fingerprint density at radius 3 is 2.74 bits per heavy atom. The normalized spacial score (nSPS) is 16.5. The fourth-order valence-electron chi connectivity index (χ4n) is 4.06. The Balaban J connectivity index is 1.34. The van der Waals surface area contributed by atoms with Gasteiger partial charge in [0.25, 0.3) is 10.9 Å². The summed E-state index contributed by atoms with van der Waals surface area (Å²) >= 11 is 1.20. The number of hydrogen-bond donors (Lipinski definition) is 0. The number of aromatic nitrogens is 2. The molecule has 2 aromatic carbocycles. The van der Waals surface area contributed by atoms with Gasteiger partial charge in [-0.25, -0.2) is 8.42 Å². The average Bonchev–Trinajstić information content (AvgIpc) is 3.37. The maximum atomic E-state index is 13.0. The second-order valence-electron chi connectivity index (χ2n) is 8.12. The molecule has 0 bridgehead atoms. The average molecular weight is 519 g/mol. The third-order valence-corrected chi connectivity index (χ3v) is 8.54. The van der Waals surface area contributed by atoms with E-state index >= 15 is 0 Å². The maximum absolute atomic E-state index is 13.0. The van der Waals surface area contributed by atoms with Gasteiger partial charge in [0.05, 0.1) is 16.4 Å². The van der Waals surface area contributed by atoms with E-state index in [4.69, 9.17) is 13.9 Å². The van der Waals surface area contributed by atoms with Crippen molar-refractivity contribution in [2.45, 2.75) is 41.7 Å². The highest BCUT2D eigenvalue weighted by atomic mass is 32.2. The number of thioether (sulfide) groups is 1. The van der Waals surface area contributed by atoms with Crippen LogP contribution in [0.25, 0.3) is 11.5 Å². The third-order valence-electron chi connectivity index (χ3n) is 5.77. The highest BCUT2D eigenvalue weighted by Gasteiger charge is 2.27. The summed E-state index contributed by atoms with van der Waals surface area (Å²) in [5, 5.41) is 19.7. The second kappa shape index (κ2) is 9.93. The minimum Gasteiger partial charge on any atom is -0.467 e. The van der Waals surface area contributed by atoms with Crippen LogP contribution in [0.2, 0.25) is 0 Å². The minimum absolute atomic E-state index is 0.0496. The van der Waals surface area contributed by atoms with Crippen molar-refractivity contribution in [3.63, 3.8) is 0 Å². The van der Waals surface area contributed by atoms with E-state index in [2.05, 4.69) is 10.2 Å². The lowest BCUT2D eigenvalue weighted by Crippen LogP contribution is -2.35. The largest absolute Gasteiger partial charge is 0.467 e. The molecule has 3 aromatic rings. The molecular formula is C22H22N4O7S2. The Labute approximate surface area is 205 Å². The minimum atomic E-state index is -3.59. The van der Waals surface area contributed by atoms with Gasteiger partial charge in [-0.15, -0.1) is 10.2 Å². The number of benzene rings is 2. The van der Waals surface area contributed by atoms with Crippen molar-refractivity contribution in [1.82, 2.24) is 14.5 Å². The van der Waals surface area contributed by atoms with E-state index in [1.807, 2.05) is 0 Å². The van der Waals surface area contributed by atoms with Crippen LogP contribution < -0.4 is 4.74 Å². The number of ether oxygens (including phenoxy) is 2. The number of hydrogen-bond acceptors (Lipinski definition) is 10. The van der Waals surface area contributed by atoms with E-state index in [1.165, 1.54) is 34.3 Å². The van der Waals surface area contributed by atoms with Crippen molar-refractivity contribution in [3.05, 3.63) is 57.6 Å². The fourth-order valence-corrected chi connectivity index (χ4v) is 6.35. The zero-order valence-corrected chi connectivity index (χ0v) is 20.2. The van der Waals surface area contributed by atoms with Gasteiger partial charge in [0, 0.05) is 47.7 Å². The molecule has 5 rings (SSSR count). The molecule has 0 unspecified atom stereocenters. The molecule has 3 heterocycles. The second-order valence-corrected chi connectivity index (χ2v) is 11.0. The summed E-state index contributed by atoms with van der Waals surface area (Å²) in [7, 11) is -3.59. The Bertz CT molecular complexity index is 1350. The van der Waals surface area contributed by atoms with Crippen molar-refractivity contribution in [3.8, 4) is 17.2 Å². The first-order chi connectivity index (χ1) is 16.9. The molecular weight excluding hydrogens is 496 g/mol. The zero-order chi connectivity index (χ0) is 24.4. The molecule has 0 N–H and O–H groups in total. The lowest BCUT2D eigenvalue weighted by molar-refractivity contribution is -0.385. The molecule has 0 radical (unpaired) electrons. The van der Waals surface area contributed by atoms with E-state index < -0.39 is 14.9 Å². The van der Waals surface area contributed by atoms with Crippen LogP contribution in [0.15, 0.2) is 50.9 Å². The number of nitro benzene ring substituents is 1. The highest BCUT2D eigenvalue weighted by molar-refractivity contribution is 7.98. The zero-order valence-electron chi connectivity index (χ0n) is 18.6. The van der Waals surface area contributed by atoms with Crippen molar-refractivity contribution in [2.24, 2.45) is 0 Å². The molecule has 184 valence electrons. The molecule has 1 aromatic heterocycles. The van der Waals surface area contributed by atoms with Gasteiger partial charge in [-0.2, -0.15) is 4.31 Å². The molecule has 0 saturated carbocycles. The maximum Gasteiger partial charge on any atom is 0.277 e. The van der Waals surface area contributed by atoms with Crippen LogP contribution in [0, 0.1) is 10.1 Å². The number of nitro groups is 1.